The SMILES string of the molecule is O=C1CCC(N2Cc3c(CN4CC5(C4)CN(C4CCN(CC#Cc6ccc(/C=C/c7ccc(C(=O)N8CCc9cnc(-c%10cnc%11ccccc%11c%10)nc9C8)cc7)cc6)CC4)C5)cccc3C2=O)C(=O)N1. The third-order valence-corrected chi connectivity index (χ3v) is 15.5. The summed E-state index contributed by atoms with van der Waals surface area (Å²) in [6, 6.07) is 32.2. The number of carbonyl (C=O) groups is 4. The molecular weight excluding hydrogens is 887 g/mol. The topological polar surface area (TPSA) is 135 Å². The molecule has 1 atom stereocenters. The van der Waals surface area contributed by atoms with Gasteiger partial charge in [-0.15, -0.1) is 0 Å². The van der Waals surface area contributed by atoms with Crippen LogP contribution in [0.3, 0.4) is 0 Å². The summed E-state index contributed by atoms with van der Waals surface area (Å²) >= 11 is 0. The Labute approximate surface area is 413 Å². The Kier molecular flexibility index (Phi) is 11.8. The minimum atomic E-state index is -0.590. The first kappa shape index (κ1) is 44.8. The lowest BCUT2D eigenvalue weighted by molar-refractivity contribution is -0.138. The molecule has 1 spiro atoms. The Morgan fingerprint density at radius 3 is 2.34 bits per heavy atom. The van der Waals surface area contributed by atoms with Gasteiger partial charge >= 0.3 is 0 Å². The predicted molar refractivity (Wildman–Crippen MR) is 271 cm³/mol. The van der Waals surface area contributed by atoms with Gasteiger partial charge in [0.05, 0.1) is 24.3 Å². The van der Waals surface area contributed by atoms with Crippen molar-refractivity contribution in [1.82, 2.24) is 44.8 Å². The van der Waals surface area contributed by atoms with Crippen molar-refractivity contribution in [2.24, 2.45) is 5.41 Å². The first-order chi connectivity index (χ1) is 34.7. The number of nitrogens with zero attached hydrogens (tertiary/aromatic N) is 8. The van der Waals surface area contributed by atoms with Crippen LogP contribution in [0.2, 0.25) is 0 Å². The highest BCUT2D eigenvalue weighted by atomic mass is 16.2. The molecule has 6 aromatic rings. The summed E-state index contributed by atoms with van der Waals surface area (Å²) in [5.74, 6) is 6.67. The number of hydrogen-bond acceptors (Lipinski definition) is 10. The number of aromatic nitrogens is 3. The number of nitrogens with one attached hydrogen (secondary N) is 1. The zero-order valence-electron chi connectivity index (χ0n) is 39.7. The van der Waals surface area contributed by atoms with Crippen molar-refractivity contribution in [3.63, 3.8) is 0 Å². The summed E-state index contributed by atoms with van der Waals surface area (Å²) in [5, 5.41) is 3.44. The molecule has 12 rings (SSSR count). The van der Waals surface area contributed by atoms with E-state index < -0.39 is 6.04 Å². The van der Waals surface area contributed by atoms with Gasteiger partial charge in [0.15, 0.2) is 5.82 Å². The van der Waals surface area contributed by atoms with E-state index in [0.717, 1.165) is 114 Å². The monoisotopic (exact) mass is 941 g/mol. The van der Waals surface area contributed by atoms with E-state index in [0.29, 0.717) is 54.5 Å². The summed E-state index contributed by atoms with van der Waals surface area (Å²) in [6.45, 7) is 9.66. The molecule has 2 aromatic heterocycles. The molecule has 1 unspecified atom stereocenters. The van der Waals surface area contributed by atoms with Gasteiger partial charge < -0.3 is 9.80 Å². The van der Waals surface area contributed by atoms with E-state index in [4.69, 9.17) is 4.98 Å². The number of imide groups is 1. The number of fused-ring (bicyclic) bond motifs is 3. The quantitative estimate of drug-likeness (QED) is 0.0979. The molecular formula is C58H55N9O4. The molecule has 4 saturated heterocycles. The molecule has 356 valence electrons. The molecule has 0 bridgehead atoms. The van der Waals surface area contributed by atoms with Crippen molar-refractivity contribution >= 4 is 46.7 Å². The molecule has 6 aliphatic rings. The van der Waals surface area contributed by atoms with Crippen LogP contribution >= 0.6 is 0 Å². The number of pyridine rings is 1. The standard InChI is InChI=1S/C58H55N9O4/c68-53-21-20-52(55(69)62-53)67-33-49-45(7-3-8-48(49)57(67)71)32-64-35-58(36-64)37-66(38-58)47-23-26-63(27-24-47)25-4-5-39-10-12-40(13-11-39)14-15-41-16-18-42(19-17-41)56(70)65-28-22-44-30-60-54(61-51(44)34-65)46-29-43-6-1-2-9-50(43)59-31-46/h1-3,6-19,29-31,47,52H,20-28,32-38H2,(H,62,68,69)/b15-14+. The van der Waals surface area contributed by atoms with E-state index in [1.165, 1.54) is 12.8 Å². The first-order valence-corrected chi connectivity index (χ1v) is 25.0. The normalized spacial score (nSPS) is 20.3. The summed E-state index contributed by atoms with van der Waals surface area (Å²) in [5.41, 5.74) is 10.8. The number of rotatable bonds is 9. The van der Waals surface area contributed by atoms with Crippen LogP contribution in [0.4, 0.5) is 0 Å². The highest BCUT2D eigenvalue weighted by molar-refractivity contribution is 6.05. The van der Waals surface area contributed by atoms with Crippen molar-refractivity contribution in [3.05, 3.63) is 160 Å². The molecule has 6 aliphatic heterocycles. The Bertz CT molecular complexity index is 3170. The number of carbonyl (C=O) groups excluding carboxylic acids is 4. The second-order valence-electron chi connectivity index (χ2n) is 20.3. The van der Waals surface area contributed by atoms with Gasteiger partial charge in [-0.05, 0) is 96.0 Å². The maximum Gasteiger partial charge on any atom is 0.255 e. The molecule has 13 nitrogen and oxygen atoms in total. The lowest BCUT2D eigenvalue weighted by Gasteiger charge is -2.62. The molecule has 71 heavy (non-hydrogen) atoms. The lowest BCUT2D eigenvalue weighted by Crippen LogP contribution is -2.73. The van der Waals surface area contributed by atoms with E-state index >= 15 is 0 Å². The van der Waals surface area contributed by atoms with E-state index in [1.54, 1.807) is 4.90 Å². The third-order valence-electron chi connectivity index (χ3n) is 15.5. The van der Waals surface area contributed by atoms with Crippen LogP contribution in [0.25, 0.3) is 34.4 Å². The molecule has 1 N–H and O–H groups in total. The van der Waals surface area contributed by atoms with E-state index in [9.17, 15) is 19.2 Å². The van der Waals surface area contributed by atoms with E-state index in [2.05, 4.69) is 90.4 Å². The van der Waals surface area contributed by atoms with Crippen LogP contribution in [-0.2, 0) is 35.6 Å². The first-order valence-electron chi connectivity index (χ1n) is 25.0. The van der Waals surface area contributed by atoms with Crippen molar-refractivity contribution < 1.29 is 19.2 Å². The summed E-state index contributed by atoms with van der Waals surface area (Å²) in [4.78, 5) is 76.5. The second-order valence-corrected chi connectivity index (χ2v) is 20.3. The number of amides is 4. The predicted octanol–water partition coefficient (Wildman–Crippen LogP) is 6.46. The zero-order valence-corrected chi connectivity index (χ0v) is 39.7. The Balaban J connectivity index is 0.566. The molecule has 0 radical (unpaired) electrons. The van der Waals surface area contributed by atoms with Gasteiger partial charge in [-0.25, -0.2) is 9.97 Å². The fourth-order valence-corrected chi connectivity index (χ4v) is 11.6. The summed E-state index contributed by atoms with van der Waals surface area (Å²) in [7, 11) is 0. The average Bonchev–Trinajstić information content (AvgIpc) is 3.72. The summed E-state index contributed by atoms with van der Waals surface area (Å²) < 4.78 is 0. The van der Waals surface area contributed by atoms with Gasteiger partial charge in [0, 0.05) is 117 Å². The second kappa shape index (κ2) is 18.8. The van der Waals surface area contributed by atoms with E-state index in [-0.39, 0.29) is 30.0 Å². The molecule has 4 fully saturated rings. The van der Waals surface area contributed by atoms with Crippen LogP contribution in [0.15, 0.2) is 109 Å². The van der Waals surface area contributed by atoms with Crippen molar-refractivity contribution in [2.75, 3.05) is 52.4 Å². The van der Waals surface area contributed by atoms with Crippen LogP contribution < -0.4 is 5.32 Å². The van der Waals surface area contributed by atoms with Crippen molar-refractivity contribution in [2.45, 2.75) is 63.8 Å². The van der Waals surface area contributed by atoms with Crippen LogP contribution in [0, 0.1) is 17.3 Å². The summed E-state index contributed by atoms with van der Waals surface area (Å²) in [6.07, 6.45) is 11.6. The highest BCUT2D eigenvalue weighted by Gasteiger charge is 2.53. The highest BCUT2D eigenvalue weighted by Crippen LogP contribution is 2.43. The van der Waals surface area contributed by atoms with Crippen molar-refractivity contribution in [3.8, 4) is 23.2 Å². The smallest absolute Gasteiger partial charge is 0.255 e. The molecule has 4 amide bonds. The van der Waals surface area contributed by atoms with Crippen LogP contribution in [0.5, 0.6) is 0 Å². The fourth-order valence-electron chi connectivity index (χ4n) is 11.6. The molecule has 4 aromatic carbocycles. The molecule has 0 aliphatic carbocycles. The van der Waals surface area contributed by atoms with Gasteiger partial charge in [0.2, 0.25) is 11.8 Å². The van der Waals surface area contributed by atoms with Gasteiger partial charge in [-0.3, -0.25) is 44.2 Å². The molecule has 13 heteroatoms. The fraction of sp³-hybridized carbons (Fsp3) is 0.328. The average molecular weight is 942 g/mol. The Morgan fingerprint density at radius 1 is 0.775 bits per heavy atom. The number of benzene rings is 4. The number of piperidine rings is 2. The number of hydrogen-bond donors (Lipinski definition) is 1. The lowest BCUT2D eigenvalue weighted by atomic mass is 9.71. The molecule has 8 heterocycles. The zero-order chi connectivity index (χ0) is 48.1. The Hall–Kier alpha value is -7.37. The minimum absolute atomic E-state index is 0.00222. The van der Waals surface area contributed by atoms with Gasteiger partial charge in [0.25, 0.3) is 11.8 Å². The maximum absolute atomic E-state index is 13.6. The minimum Gasteiger partial charge on any atom is -0.332 e. The maximum atomic E-state index is 13.6. The third kappa shape index (κ3) is 9.15. The van der Waals surface area contributed by atoms with Crippen molar-refractivity contribution in [1.29, 1.82) is 0 Å². The van der Waals surface area contributed by atoms with Crippen LogP contribution in [0.1, 0.15) is 85.5 Å². The van der Waals surface area contributed by atoms with Gasteiger partial charge in [0.1, 0.15) is 6.04 Å². The largest absolute Gasteiger partial charge is 0.332 e. The number of likely N-dealkylation sites (tertiary alicyclic amines) is 3. The number of para-hydroxylation sites is 1. The van der Waals surface area contributed by atoms with Gasteiger partial charge in [-0.2, -0.15) is 0 Å². The Morgan fingerprint density at radius 2 is 1.55 bits per heavy atom. The van der Waals surface area contributed by atoms with Crippen LogP contribution in [-0.4, -0.2) is 128 Å². The molecule has 0 saturated carbocycles. The van der Waals surface area contributed by atoms with E-state index in [1.807, 2.05) is 78.0 Å². The van der Waals surface area contributed by atoms with Gasteiger partial charge in [-0.1, -0.05) is 78.6 Å².